The molecule has 0 fully saturated rings. The molecule has 0 radical (unpaired) electrons. The van der Waals surface area contributed by atoms with Crippen LogP contribution in [0.4, 0.5) is 13.2 Å². The Hall–Kier alpha value is -0.460. The van der Waals surface area contributed by atoms with Crippen LogP contribution < -0.4 is 4.74 Å². The lowest BCUT2D eigenvalue weighted by atomic mass is 10.2. The summed E-state index contributed by atoms with van der Waals surface area (Å²) in [4.78, 5) is 1.25. The maximum atomic E-state index is 12.5. The molecule has 0 spiro atoms. The summed E-state index contributed by atoms with van der Waals surface area (Å²) in [5.41, 5.74) is 0.686. The summed E-state index contributed by atoms with van der Waals surface area (Å²) in [5, 5.41) is 0. The highest BCUT2D eigenvalue weighted by atomic mass is 79.9. The first-order valence-electron chi connectivity index (χ1n) is 5.53. The van der Waals surface area contributed by atoms with E-state index in [0.717, 1.165) is 4.47 Å². The van der Waals surface area contributed by atoms with Crippen LogP contribution in [0.2, 0.25) is 0 Å². The van der Waals surface area contributed by atoms with E-state index < -0.39 is 12.7 Å². The van der Waals surface area contributed by atoms with E-state index in [2.05, 4.69) is 15.9 Å². The predicted octanol–water partition coefficient (Wildman–Crippen LogP) is 4.06. The van der Waals surface area contributed by atoms with Gasteiger partial charge in [0.25, 0.3) is 0 Å². The minimum absolute atomic E-state index is 0.134. The monoisotopic (exact) mass is 359 g/mol. The Labute approximate surface area is 123 Å². The second kappa shape index (κ2) is 7.36. The average molecular weight is 361 g/mol. The topological polar surface area (TPSA) is 12.5 Å². The quantitative estimate of drug-likeness (QED) is 0.709. The Bertz CT molecular complexity index is 414. The molecule has 7 heteroatoms. The van der Waals surface area contributed by atoms with Gasteiger partial charge in [0.05, 0.1) is 13.7 Å². The van der Waals surface area contributed by atoms with Crippen LogP contribution in [0.1, 0.15) is 5.56 Å². The number of hydrogen-bond donors (Lipinski definition) is 0. The van der Waals surface area contributed by atoms with Crippen molar-refractivity contribution in [2.24, 2.45) is 0 Å². The van der Waals surface area contributed by atoms with E-state index in [0.29, 0.717) is 11.3 Å². The van der Waals surface area contributed by atoms with E-state index >= 15 is 0 Å². The summed E-state index contributed by atoms with van der Waals surface area (Å²) in [6.07, 6.45) is -4.24. The van der Waals surface area contributed by atoms with Crippen molar-refractivity contribution in [1.29, 1.82) is 0 Å². The van der Waals surface area contributed by atoms with Crippen LogP contribution >= 0.6 is 27.5 Å². The highest BCUT2D eigenvalue weighted by Gasteiger charge is 2.30. The van der Waals surface area contributed by atoms with Crippen molar-refractivity contribution in [2.75, 3.05) is 26.1 Å². The zero-order valence-electron chi connectivity index (χ0n) is 10.3. The van der Waals surface area contributed by atoms with Gasteiger partial charge in [0.15, 0.2) is 0 Å². The third kappa shape index (κ3) is 6.01. The lowest BCUT2D eigenvalue weighted by Crippen LogP contribution is -2.35. The molecule has 1 aromatic rings. The molecule has 2 nitrogen and oxygen atoms in total. The van der Waals surface area contributed by atoms with Crippen molar-refractivity contribution < 1.29 is 17.9 Å². The highest BCUT2D eigenvalue weighted by Crippen LogP contribution is 2.26. The minimum Gasteiger partial charge on any atom is -0.496 e. The van der Waals surface area contributed by atoms with Crippen LogP contribution in [0, 0.1) is 0 Å². The molecule has 0 amide bonds. The first-order chi connectivity index (χ1) is 8.85. The van der Waals surface area contributed by atoms with Gasteiger partial charge in [0.2, 0.25) is 0 Å². The van der Waals surface area contributed by atoms with Gasteiger partial charge in [0, 0.05) is 29.0 Å². The van der Waals surface area contributed by atoms with Crippen LogP contribution in [0.15, 0.2) is 22.7 Å². The number of halogens is 5. The van der Waals surface area contributed by atoms with Crippen LogP contribution in [0.5, 0.6) is 5.75 Å². The molecular formula is C12H14BrClF3NO. The van der Waals surface area contributed by atoms with Gasteiger partial charge in [-0.1, -0.05) is 15.9 Å². The van der Waals surface area contributed by atoms with Crippen LogP contribution in [-0.4, -0.2) is 37.2 Å². The maximum absolute atomic E-state index is 12.5. The van der Waals surface area contributed by atoms with E-state index in [1.165, 1.54) is 12.0 Å². The van der Waals surface area contributed by atoms with Crippen molar-refractivity contribution in [3.63, 3.8) is 0 Å². The summed E-state index contributed by atoms with van der Waals surface area (Å²) < 4.78 is 43.3. The zero-order chi connectivity index (χ0) is 14.5. The van der Waals surface area contributed by atoms with Crippen molar-refractivity contribution in [3.8, 4) is 5.75 Å². The van der Waals surface area contributed by atoms with Gasteiger partial charge in [-0.15, -0.1) is 11.6 Å². The van der Waals surface area contributed by atoms with Crippen molar-refractivity contribution >= 4 is 27.5 Å². The number of nitrogens with zero attached hydrogens (tertiary/aromatic N) is 1. The summed E-state index contributed by atoms with van der Waals surface area (Å²) >= 11 is 8.84. The van der Waals surface area contributed by atoms with Crippen LogP contribution in [0.25, 0.3) is 0 Å². The third-order valence-electron chi connectivity index (χ3n) is 2.44. The van der Waals surface area contributed by atoms with Crippen LogP contribution in [0.3, 0.4) is 0 Å². The lowest BCUT2D eigenvalue weighted by Gasteiger charge is -2.23. The van der Waals surface area contributed by atoms with Crippen LogP contribution in [-0.2, 0) is 6.54 Å². The third-order valence-corrected chi connectivity index (χ3v) is 3.10. The van der Waals surface area contributed by atoms with Crippen molar-refractivity contribution in [2.45, 2.75) is 12.7 Å². The molecule has 0 saturated heterocycles. The zero-order valence-corrected chi connectivity index (χ0v) is 12.6. The molecule has 0 aliphatic carbocycles. The molecule has 0 unspecified atom stereocenters. The van der Waals surface area contributed by atoms with Gasteiger partial charge < -0.3 is 4.74 Å². The predicted molar refractivity (Wildman–Crippen MR) is 72.7 cm³/mol. The Balaban J connectivity index is 2.86. The van der Waals surface area contributed by atoms with Crippen molar-refractivity contribution in [1.82, 2.24) is 4.90 Å². The molecule has 0 bridgehead atoms. The molecule has 0 saturated carbocycles. The maximum Gasteiger partial charge on any atom is 0.401 e. The standard InChI is InChI=1S/C12H14BrClF3NO/c1-19-11-3-2-10(13)6-9(11)7-18(5-4-14)8-12(15,16)17/h2-3,6H,4-5,7-8H2,1H3. The van der Waals surface area contributed by atoms with E-state index in [4.69, 9.17) is 16.3 Å². The molecule has 0 heterocycles. The number of hydrogen-bond acceptors (Lipinski definition) is 2. The normalized spacial score (nSPS) is 11.9. The molecule has 0 aliphatic heterocycles. The summed E-state index contributed by atoms with van der Waals surface area (Å²) in [5.74, 6) is 0.705. The molecule has 0 N–H and O–H groups in total. The van der Waals surface area contributed by atoms with Crippen molar-refractivity contribution in [3.05, 3.63) is 28.2 Å². The molecule has 1 rings (SSSR count). The summed E-state index contributed by atoms with van der Waals surface area (Å²) in [6.45, 7) is -0.693. The van der Waals surface area contributed by atoms with Gasteiger partial charge in [-0.05, 0) is 18.2 Å². The first kappa shape index (κ1) is 16.6. The number of alkyl halides is 4. The number of rotatable bonds is 6. The van der Waals surface area contributed by atoms with E-state index in [1.54, 1.807) is 18.2 Å². The molecule has 0 aliphatic rings. The minimum atomic E-state index is -4.24. The molecule has 19 heavy (non-hydrogen) atoms. The Morgan fingerprint density at radius 1 is 1.37 bits per heavy atom. The summed E-state index contributed by atoms with van der Waals surface area (Å²) in [6, 6.07) is 5.24. The second-order valence-electron chi connectivity index (χ2n) is 3.97. The fraction of sp³-hybridized carbons (Fsp3) is 0.500. The average Bonchev–Trinajstić information content (AvgIpc) is 2.27. The van der Waals surface area contributed by atoms with Gasteiger partial charge >= 0.3 is 6.18 Å². The van der Waals surface area contributed by atoms with E-state index in [1.807, 2.05) is 0 Å². The Morgan fingerprint density at radius 2 is 2.05 bits per heavy atom. The smallest absolute Gasteiger partial charge is 0.401 e. The Kier molecular flexibility index (Phi) is 6.42. The van der Waals surface area contributed by atoms with Gasteiger partial charge in [0.1, 0.15) is 5.75 Å². The van der Waals surface area contributed by atoms with E-state index in [-0.39, 0.29) is 19.0 Å². The lowest BCUT2D eigenvalue weighted by molar-refractivity contribution is -0.146. The SMILES string of the molecule is COc1ccc(Br)cc1CN(CCCl)CC(F)(F)F. The van der Waals surface area contributed by atoms with Gasteiger partial charge in [-0.2, -0.15) is 13.2 Å². The fourth-order valence-corrected chi connectivity index (χ4v) is 2.35. The number of ether oxygens (including phenoxy) is 1. The second-order valence-corrected chi connectivity index (χ2v) is 5.26. The molecule has 0 atom stereocenters. The van der Waals surface area contributed by atoms with Gasteiger partial charge in [-0.25, -0.2) is 0 Å². The number of benzene rings is 1. The first-order valence-corrected chi connectivity index (χ1v) is 6.86. The van der Waals surface area contributed by atoms with Gasteiger partial charge in [-0.3, -0.25) is 4.90 Å². The highest BCUT2D eigenvalue weighted by molar-refractivity contribution is 9.10. The van der Waals surface area contributed by atoms with E-state index in [9.17, 15) is 13.2 Å². The molecule has 1 aromatic carbocycles. The largest absolute Gasteiger partial charge is 0.496 e. The Morgan fingerprint density at radius 3 is 2.58 bits per heavy atom. The molecular weight excluding hydrogens is 346 g/mol. The molecule has 108 valence electrons. The summed E-state index contributed by atoms with van der Waals surface area (Å²) in [7, 11) is 1.49. The fourth-order valence-electron chi connectivity index (χ4n) is 1.70. The molecule has 0 aromatic heterocycles. The number of methoxy groups -OCH3 is 1.